The molecule has 0 spiro atoms. The highest BCUT2D eigenvalue weighted by Gasteiger charge is 2.25. The SMILES string of the molecule is Cc1cnc(N2CCC(NC3CCCCC3)CC2)c(C(N)=NC(C)O)c1. The van der Waals surface area contributed by atoms with Crippen LogP contribution in [0, 0.1) is 6.92 Å². The van der Waals surface area contributed by atoms with Crippen molar-refractivity contribution in [2.75, 3.05) is 18.0 Å². The van der Waals surface area contributed by atoms with Crippen molar-refractivity contribution in [2.45, 2.75) is 77.1 Å². The first kappa shape index (κ1) is 19.1. The predicted molar refractivity (Wildman–Crippen MR) is 107 cm³/mol. The number of hydrogen-bond donors (Lipinski definition) is 3. The highest BCUT2D eigenvalue weighted by atomic mass is 16.3. The Balaban J connectivity index is 1.65. The lowest BCUT2D eigenvalue weighted by Crippen LogP contribution is -2.47. The summed E-state index contributed by atoms with van der Waals surface area (Å²) >= 11 is 0. The lowest BCUT2D eigenvalue weighted by Gasteiger charge is -2.36. The summed E-state index contributed by atoms with van der Waals surface area (Å²) in [7, 11) is 0. The van der Waals surface area contributed by atoms with Crippen molar-refractivity contribution in [3.8, 4) is 0 Å². The Morgan fingerprint density at radius 1 is 1.23 bits per heavy atom. The molecule has 1 aliphatic carbocycles. The minimum absolute atomic E-state index is 0.355. The average Bonchev–Trinajstić information content (AvgIpc) is 2.63. The first-order chi connectivity index (χ1) is 12.5. The maximum atomic E-state index is 9.54. The first-order valence-corrected chi connectivity index (χ1v) is 10.0. The number of aliphatic imine (C=N–C) groups is 1. The molecule has 1 saturated carbocycles. The number of rotatable bonds is 5. The number of nitrogens with two attached hydrogens (primary N) is 1. The van der Waals surface area contributed by atoms with Gasteiger partial charge in [-0.05, 0) is 51.2 Å². The second-order valence-electron chi connectivity index (χ2n) is 7.79. The Labute approximate surface area is 156 Å². The fraction of sp³-hybridized carbons (Fsp3) is 0.700. The van der Waals surface area contributed by atoms with Gasteiger partial charge in [-0.2, -0.15) is 0 Å². The van der Waals surface area contributed by atoms with Crippen LogP contribution < -0.4 is 16.0 Å². The molecule has 0 amide bonds. The smallest absolute Gasteiger partial charge is 0.144 e. The van der Waals surface area contributed by atoms with Crippen LogP contribution in [0.25, 0.3) is 0 Å². The van der Waals surface area contributed by atoms with Gasteiger partial charge in [0.05, 0.1) is 5.56 Å². The van der Waals surface area contributed by atoms with Crippen LogP contribution in [0.2, 0.25) is 0 Å². The van der Waals surface area contributed by atoms with Gasteiger partial charge in [-0.1, -0.05) is 19.3 Å². The van der Waals surface area contributed by atoms with E-state index in [-0.39, 0.29) is 0 Å². The molecular weight excluding hydrogens is 326 g/mol. The molecule has 1 unspecified atom stereocenters. The van der Waals surface area contributed by atoms with Gasteiger partial charge in [-0.25, -0.2) is 9.98 Å². The lowest BCUT2D eigenvalue weighted by atomic mass is 9.93. The van der Waals surface area contributed by atoms with E-state index in [0.29, 0.717) is 17.9 Å². The number of aliphatic hydroxyl groups excluding tert-OH is 1. The molecule has 6 heteroatoms. The fourth-order valence-corrected chi connectivity index (χ4v) is 4.13. The van der Waals surface area contributed by atoms with Crippen LogP contribution in [0.15, 0.2) is 17.3 Å². The summed E-state index contributed by atoms with van der Waals surface area (Å²) in [5, 5.41) is 13.4. The van der Waals surface area contributed by atoms with E-state index in [0.717, 1.165) is 42.9 Å². The minimum Gasteiger partial charge on any atom is -0.383 e. The van der Waals surface area contributed by atoms with Crippen LogP contribution in [-0.2, 0) is 0 Å². The van der Waals surface area contributed by atoms with E-state index in [1.165, 1.54) is 32.1 Å². The number of aromatic nitrogens is 1. The molecule has 1 aliphatic heterocycles. The Bertz CT molecular complexity index is 617. The molecule has 144 valence electrons. The molecule has 2 fully saturated rings. The molecule has 1 aromatic heterocycles. The molecule has 0 aromatic carbocycles. The van der Waals surface area contributed by atoms with Gasteiger partial charge in [0.15, 0.2) is 0 Å². The summed E-state index contributed by atoms with van der Waals surface area (Å²) in [6.07, 6.45) is 10.1. The summed E-state index contributed by atoms with van der Waals surface area (Å²) < 4.78 is 0. The number of nitrogens with one attached hydrogen (secondary N) is 1. The molecule has 4 N–H and O–H groups in total. The third-order valence-corrected chi connectivity index (χ3v) is 5.48. The van der Waals surface area contributed by atoms with Crippen LogP contribution in [0.5, 0.6) is 0 Å². The zero-order valence-electron chi connectivity index (χ0n) is 16.1. The Hall–Kier alpha value is -1.66. The van der Waals surface area contributed by atoms with Crippen LogP contribution in [0.4, 0.5) is 5.82 Å². The quantitative estimate of drug-likeness (QED) is 0.555. The van der Waals surface area contributed by atoms with Crippen LogP contribution in [0.3, 0.4) is 0 Å². The lowest BCUT2D eigenvalue weighted by molar-refractivity contribution is 0.205. The second kappa shape index (κ2) is 8.82. The van der Waals surface area contributed by atoms with Crippen molar-refractivity contribution in [1.29, 1.82) is 0 Å². The van der Waals surface area contributed by atoms with Gasteiger partial charge in [0, 0.05) is 31.4 Å². The summed E-state index contributed by atoms with van der Waals surface area (Å²) in [6, 6.07) is 3.32. The van der Waals surface area contributed by atoms with E-state index in [1.54, 1.807) is 6.92 Å². The predicted octanol–water partition coefficient (Wildman–Crippen LogP) is 2.32. The van der Waals surface area contributed by atoms with Crippen LogP contribution in [-0.4, -0.2) is 47.3 Å². The van der Waals surface area contributed by atoms with Crippen molar-refractivity contribution < 1.29 is 5.11 Å². The molecule has 1 aromatic rings. The minimum atomic E-state index is -0.811. The molecule has 2 heterocycles. The Morgan fingerprint density at radius 2 is 1.88 bits per heavy atom. The zero-order chi connectivity index (χ0) is 18.5. The van der Waals surface area contributed by atoms with Gasteiger partial charge in [0.1, 0.15) is 17.9 Å². The Kier molecular flexibility index (Phi) is 6.48. The number of hydrogen-bond acceptors (Lipinski definition) is 5. The van der Waals surface area contributed by atoms with Gasteiger partial charge in [0.25, 0.3) is 0 Å². The number of anilines is 1. The van der Waals surface area contributed by atoms with Crippen LogP contribution >= 0.6 is 0 Å². The molecule has 0 bridgehead atoms. The van der Waals surface area contributed by atoms with E-state index in [4.69, 9.17) is 5.73 Å². The topological polar surface area (TPSA) is 86.8 Å². The third-order valence-electron chi connectivity index (χ3n) is 5.48. The van der Waals surface area contributed by atoms with E-state index < -0.39 is 6.23 Å². The molecule has 26 heavy (non-hydrogen) atoms. The standard InChI is InChI=1S/C20H33N5O/c1-14-12-18(19(21)23-15(2)26)20(22-13-14)25-10-8-17(9-11-25)24-16-6-4-3-5-7-16/h12-13,15-17,24,26H,3-11H2,1-2H3,(H2,21,23). The van der Waals surface area contributed by atoms with Crippen molar-refractivity contribution in [1.82, 2.24) is 10.3 Å². The molecule has 6 nitrogen and oxygen atoms in total. The second-order valence-corrected chi connectivity index (χ2v) is 7.79. The van der Waals surface area contributed by atoms with Gasteiger partial charge in [0.2, 0.25) is 0 Å². The highest BCUT2D eigenvalue weighted by Crippen LogP contribution is 2.25. The molecule has 1 atom stereocenters. The summed E-state index contributed by atoms with van der Waals surface area (Å²) in [4.78, 5) is 11.0. The number of aryl methyl sites for hydroxylation is 1. The number of nitrogens with zero attached hydrogens (tertiary/aromatic N) is 3. The molecule has 3 rings (SSSR count). The van der Waals surface area contributed by atoms with Crippen molar-refractivity contribution in [3.05, 3.63) is 23.4 Å². The van der Waals surface area contributed by atoms with Gasteiger partial charge in [-0.3, -0.25) is 0 Å². The monoisotopic (exact) mass is 359 g/mol. The maximum Gasteiger partial charge on any atom is 0.144 e. The maximum absolute atomic E-state index is 9.54. The van der Waals surface area contributed by atoms with E-state index in [9.17, 15) is 5.11 Å². The average molecular weight is 360 g/mol. The zero-order valence-corrected chi connectivity index (χ0v) is 16.1. The van der Waals surface area contributed by atoms with E-state index >= 15 is 0 Å². The summed E-state index contributed by atoms with van der Waals surface area (Å²) in [5.41, 5.74) is 8.00. The van der Waals surface area contributed by atoms with Crippen molar-refractivity contribution in [2.24, 2.45) is 10.7 Å². The molecule has 1 saturated heterocycles. The van der Waals surface area contributed by atoms with Crippen LogP contribution in [0.1, 0.15) is 63.0 Å². The largest absolute Gasteiger partial charge is 0.383 e. The summed E-state index contributed by atoms with van der Waals surface area (Å²) in [6.45, 7) is 5.54. The first-order valence-electron chi connectivity index (χ1n) is 10.0. The molecule has 0 radical (unpaired) electrons. The summed E-state index contributed by atoms with van der Waals surface area (Å²) in [5.74, 6) is 1.24. The van der Waals surface area contributed by atoms with Gasteiger partial charge >= 0.3 is 0 Å². The highest BCUT2D eigenvalue weighted by molar-refractivity contribution is 6.02. The fourth-order valence-electron chi connectivity index (χ4n) is 4.13. The van der Waals surface area contributed by atoms with E-state index in [1.807, 2.05) is 19.2 Å². The third kappa shape index (κ3) is 4.95. The van der Waals surface area contributed by atoms with Crippen molar-refractivity contribution >= 4 is 11.7 Å². The van der Waals surface area contributed by atoms with Gasteiger partial charge in [-0.15, -0.1) is 0 Å². The Morgan fingerprint density at radius 3 is 2.54 bits per heavy atom. The van der Waals surface area contributed by atoms with Gasteiger partial charge < -0.3 is 21.1 Å². The number of pyridine rings is 1. The molecular formula is C20H33N5O. The number of piperidine rings is 1. The molecule has 2 aliphatic rings. The van der Waals surface area contributed by atoms with E-state index in [2.05, 4.69) is 20.2 Å². The van der Waals surface area contributed by atoms with Crippen molar-refractivity contribution in [3.63, 3.8) is 0 Å². The normalized spacial score (nSPS) is 21.8. The number of amidine groups is 1. The number of aliphatic hydroxyl groups is 1.